The molecule has 1 N–H and O–H groups in total. The molecule has 0 radical (unpaired) electrons. The summed E-state index contributed by atoms with van der Waals surface area (Å²) in [6.07, 6.45) is 2.55. The lowest BCUT2D eigenvalue weighted by Crippen LogP contribution is -2.29. The number of esters is 1. The summed E-state index contributed by atoms with van der Waals surface area (Å²) in [7, 11) is 0. The van der Waals surface area contributed by atoms with E-state index in [-0.39, 0.29) is 22.2 Å². The molecule has 4 rings (SSSR count). The molecule has 1 aliphatic rings. The van der Waals surface area contributed by atoms with Crippen LogP contribution in [0.3, 0.4) is 0 Å². The summed E-state index contributed by atoms with van der Waals surface area (Å²) in [6.45, 7) is 6.90. The molecule has 37 heavy (non-hydrogen) atoms. The number of thiophene rings is 1. The molecule has 0 atom stereocenters. The van der Waals surface area contributed by atoms with Crippen LogP contribution in [-0.2, 0) is 24.2 Å². The summed E-state index contributed by atoms with van der Waals surface area (Å²) in [5, 5.41) is 3.92. The van der Waals surface area contributed by atoms with E-state index in [0.29, 0.717) is 35.9 Å². The highest BCUT2D eigenvalue weighted by Crippen LogP contribution is 2.39. The van der Waals surface area contributed by atoms with Crippen molar-refractivity contribution < 1.29 is 19.1 Å². The molecule has 2 heterocycles. The number of hydrogen-bond acceptors (Lipinski definition) is 6. The van der Waals surface area contributed by atoms with Gasteiger partial charge in [0.25, 0.3) is 5.91 Å². The number of nitrogens with zero attached hydrogens (tertiary/aromatic N) is 1. The van der Waals surface area contributed by atoms with E-state index in [0.717, 1.165) is 36.4 Å². The largest absolute Gasteiger partial charge is 0.490 e. The van der Waals surface area contributed by atoms with E-state index in [1.165, 1.54) is 29.0 Å². The van der Waals surface area contributed by atoms with Gasteiger partial charge in [-0.15, -0.1) is 11.3 Å². The standard InChI is InChI=1S/C28H30Cl2N2O4S/c1-3-5-13-36-25-21(29)14-19(15-22(25)30)26(33)31-27-24(28(34)35-4-2)20-11-12-32(17-23(20)37-27)16-18-9-7-6-8-10-18/h6-10,14-15H,3-5,11-13,16-17H2,1-2H3,(H,31,33). The van der Waals surface area contributed by atoms with Crippen LogP contribution in [0.5, 0.6) is 5.75 Å². The second-order valence-corrected chi connectivity index (χ2v) is 10.7. The summed E-state index contributed by atoms with van der Waals surface area (Å²) >= 11 is 14.2. The molecular formula is C28H30Cl2N2O4S. The Hall–Kier alpha value is -2.58. The number of amides is 1. The van der Waals surface area contributed by atoms with E-state index < -0.39 is 11.9 Å². The molecule has 0 aliphatic carbocycles. The van der Waals surface area contributed by atoms with Crippen molar-refractivity contribution >= 4 is 51.4 Å². The summed E-state index contributed by atoms with van der Waals surface area (Å²) < 4.78 is 11.0. The molecule has 0 saturated heterocycles. The quantitative estimate of drug-likeness (QED) is 0.209. The van der Waals surface area contributed by atoms with Crippen molar-refractivity contribution in [1.29, 1.82) is 0 Å². The van der Waals surface area contributed by atoms with Crippen LogP contribution in [-0.4, -0.2) is 36.5 Å². The van der Waals surface area contributed by atoms with E-state index in [1.807, 2.05) is 18.2 Å². The van der Waals surface area contributed by atoms with Crippen molar-refractivity contribution in [3.8, 4) is 5.75 Å². The Labute approximate surface area is 231 Å². The Kier molecular flexibility index (Phi) is 9.49. The number of carbonyl (C=O) groups excluding carboxylic acids is 2. The van der Waals surface area contributed by atoms with Crippen molar-refractivity contribution in [2.45, 2.75) is 46.2 Å². The minimum atomic E-state index is -0.428. The number of ether oxygens (including phenoxy) is 2. The fourth-order valence-electron chi connectivity index (χ4n) is 4.26. The van der Waals surface area contributed by atoms with Crippen molar-refractivity contribution in [3.05, 3.63) is 79.6 Å². The van der Waals surface area contributed by atoms with Crippen LogP contribution in [0.4, 0.5) is 5.00 Å². The van der Waals surface area contributed by atoms with Crippen molar-refractivity contribution in [1.82, 2.24) is 4.90 Å². The Bertz CT molecular complexity index is 1240. The summed E-state index contributed by atoms with van der Waals surface area (Å²) in [5.74, 6) is -0.470. The highest BCUT2D eigenvalue weighted by Gasteiger charge is 2.30. The van der Waals surface area contributed by atoms with Gasteiger partial charge in [0, 0.05) is 30.1 Å². The Morgan fingerprint density at radius 2 is 1.84 bits per heavy atom. The number of fused-ring (bicyclic) bond motifs is 1. The maximum Gasteiger partial charge on any atom is 0.341 e. The third-order valence-electron chi connectivity index (χ3n) is 6.10. The first kappa shape index (κ1) is 27.5. The van der Waals surface area contributed by atoms with E-state index >= 15 is 0 Å². The maximum atomic E-state index is 13.2. The second-order valence-electron chi connectivity index (χ2n) is 8.80. The molecule has 3 aromatic rings. The molecule has 1 aliphatic heterocycles. The van der Waals surface area contributed by atoms with Gasteiger partial charge >= 0.3 is 5.97 Å². The topological polar surface area (TPSA) is 67.9 Å². The van der Waals surface area contributed by atoms with E-state index in [1.54, 1.807) is 6.92 Å². The molecule has 0 saturated carbocycles. The molecule has 0 bridgehead atoms. The second kappa shape index (κ2) is 12.8. The lowest BCUT2D eigenvalue weighted by atomic mass is 10.0. The zero-order chi connectivity index (χ0) is 26.4. The van der Waals surface area contributed by atoms with Gasteiger partial charge in [-0.1, -0.05) is 66.9 Å². The normalized spacial score (nSPS) is 13.2. The fraction of sp³-hybridized carbons (Fsp3) is 0.357. The maximum absolute atomic E-state index is 13.2. The van der Waals surface area contributed by atoms with Crippen LogP contribution < -0.4 is 10.1 Å². The van der Waals surface area contributed by atoms with Crippen LogP contribution in [0, 0.1) is 0 Å². The fourth-order valence-corrected chi connectivity index (χ4v) is 6.13. The Morgan fingerprint density at radius 3 is 2.51 bits per heavy atom. The minimum absolute atomic E-state index is 0.252. The SMILES string of the molecule is CCCCOc1c(Cl)cc(C(=O)Nc2sc3c(c2C(=O)OCC)CCN(Cc2ccccc2)C3)cc1Cl. The van der Waals surface area contributed by atoms with Gasteiger partial charge in [0.05, 0.1) is 28.8 Å². The van der Waals surface area contributed by atoms with Crippen molar-refractivity contribution in [2.75, 3.05) is 25.1 Å². The molecule has 9 heteroatoms. The number of nitrogens with one attached hydrogen (secondary N) is 1. The molecule has 0 spiro atoms. The molecule has 1 aromatic heterocycles. The van der Waals surface area contributed by atoms with Crippen LogP contribution in [0.2, 0.25) is 10.0 Å². The van der Waals surface area contributed by atoms with E-state index in [4.69, 9.17) is 32.7 Å². The average Bonchev–Trinajstić information content (AvgIpc) is 3.23. The minimum Gasteiger partial charge on any atom is -0.490 e. The Balaban J connectivity index is 1.56. The van der Waals surface area contributed by atoms with Gasteiger partial charge in [0.1, 0.15) is 5.00 Å². The molecular weight excluding hydrogens is 531 g/mol. The average molecular weight is 562 g/mol. The molecule has 2 aromatic carbocycles. The number of halogens is 2. The summed E-state index contributed by atoms with van der Waals surface area (Å²) in [5.41, 5.74) is 2.90. The van der Waals surface area contributed by atoms with Crippen molar-refractivity contribution in [2.24, 2.45) is 0 Å². The van der Waals surface area contributed by atoms with E-state index in [2.05, 4.69) is 29.3 Å². The molecule has 1 amide bonds. The van der Waals surface area contributed by atoms with Gasteiger partial charge in [0.2, 0.25) is 0 Å². The predicted octanol–water partition coefficient (Wildman–Crippen LogP) is 7.22. The van der Waals surface area contributed by atoms with Crippen LogP contribution in [0.25, 0.3) is 0 Å². The molecule has 196 valence electrons. The predicted molar refractivity (Wildman–Crippen MR) is 149 cm³/mol. The van der Waals surface area contributed by atoms with Crippen LogP contribution >= 0.6 is 34.5 Å². The van der Waals surface area contributed by atoms with Gasteiger partial charge in [-0.2, -0.15) is 0 Å². The number of hydrogen-bond donors (Lipinski definition) is 1. The van der Waals surface area contributed by atoms with Crippen molar-refractivity contribution in [3.63, 3.8) is 0 Å². The smallest absolute Gasteiger partial charge is 0.341 e. The van der Waals surface area contributed by atoms with Crippen LogP contribution in [0.1, 0.15) is 63.4 Å². The monoisotopic (exact) mass is 560 g/mol. The number of unbranched alkanes of at least 4 members (excludes halogenated alkanes) is 1. The first-order chi connectivity index (χ1) is 17.9. The zero-order valence-electron chi connectivity index (χ0n) is 20.9. The Morgan fingerprint density at radius 1 is 1.11 bits per heavy atom. The number of benzene rings is 2. The van der Waals surface area contributed by atoms with Gasteiger partial charge < -0.3 is 14.8 Å². The molecule has 0 fully saturated rings. The van der Waals surface area contributed by atoms with Gasteiger partial charge in [0.15, 0.2) is 5.75 Å². The highest BCUT2D eigenvalue weighted by atomic mass is 35.5. The summed E-state index contributed by atoms with van der Waals surface area (Å²) in [4.78, 5) is 29.5. The third-order valence-corrected chi connectivity index (χ3v) is 7.79. The lowest BCUT2D eigenvalue weighted by Gasteiger charge is -2.27. The van der Waals surface area contributed by atoms with Crippen LogP contribution in [0.15, 0.2) is 42.5 Å². The van der Waals surface area contributed by atoms with E-state index in [9.17, 15) is 9.59 Å². The first-order valence-corrected chi connectivity index (χ1v) is 14.0. The molecule has 0 unspecified atom stereocenters. The van der Waals surface area contributed by atoms with Gasteiger partial charge in [-0.3, -0.25) is 9.69 Å². The number of carbonyl (C=O) groups is 2. The first-order valence-electron chi connectivity index (χ1n) is 12.4. The number of rotatable bonds is 10. The molecule has 6 nitrogen and oxygen atoms in total. The lowest BCUT2D eigenvalue weighted by molar-refractivity contribution is 0.0526. The highest BCUT2D eigenvalue weighted by molar-refractivity contribution is 7.17. The number of anilines is 1. The summed E-state index contributed by atoms with van der Waals surface area (Å²) in [6, 6.07) is 13.3. The third kappa shape index (κ3) is 6.65. The van der Waals surface area contributed by atoms with Gasteiger partial charge in [-0.05, 0) is 43.0 Å². The zero-order valence-corrected chi connectivity index (χ0v) is 23.3. The van der Waals surface area contributed by atoms with Gasteiger partial charge in [-0.25, -0.2) is 4.79 Å².